The van der Waals surface area contributed by atoms with Crippen molar-refractivity contribution in [3.8, 4) is 22.6 Å². The van der Waals surface area contributed by atoms with Gasteiger partial charge in [-0.25, -0.2) is 9.13 Å². The normalized spacial score (nSPS) is 17.2. The molecule has 0 radical (unpaired) electrons. The van der Waals surface area contributed by atoms with Crippen LogP contribution in [0.2, 0.25) is 0 Å². The molecule has 0 amide bonds. The first kappa shape index (κ1) is 31.6. The third-order valence-electron chi connectivity index (χ3n) is 8.45. The van der Waals surface area contributed by atoms with Crippen LogP contribution in [0, 0.1) is 13.8 Å². The van der Waals surface area contributed by atoms with Crippen molar-refractivity contribution in [2.45, 2.75) is 71.0 Å². The van der Waals surface area contributed by atoms with Gasteiger partial charge in [0, 0.05) is 23.6 Å². The lowest BCUT2D eigenvalue weighted by atomic mass is 9.91. The molecule has 1 heterocycles. The van der Waals surface area contributed by atoms with Gasteiger partial charge in [-0.05, 0) is 97.1 Å². The number of imidazole rings is 1. The molecule has 1 aromatic heterocycles. The Kier molecular flexibility index (Phi) is 10.9. The molecular weight excluding hydrogens is 565 g/mol. The van der Waals surface area contributed by atoms with Crippen LogP contribution in [0.15, 0.2) is 83.3 Å². The van der Waals surface area contributed by atoms with Crippen molar-refractivity contribution in [1.82, 2.24) is 4.57 Å². The van der Waals surface area contributed by atoms with E-state index in [4.69, 9.17) is 9.98 Å². The van der Waals surface area contributed by atoms with Gasteiger partial charge in [0.25, 0.3) is 0 Å². The number of benzene rings is 3. The van der Waals surface area contributed by atoms with Crippen LogP contribution >= 0.6 is 11.8 Å². The van der Waals surface area contributed by atoms with Crippen molar-refractivity contribution in [3.05, 3.63) is 101 Å². The number of thioether (sulfide) groups is 1. The van der Waals surface area contributed by atoms with E-state index in [9.17, 15) is 10.2 Å². The van der Waals surface area contributed by atoms with Gasteiger partial charge in [-0.2, -0.15) is 11.8 Å². The van der Waals surface area contributed by atoms with Crippen molar-refractivity contribution in [3.63, 3.8) is 0 Å². The minimum absolute atomic E-state index is 0.0459. The molecule has 5 rings (SSSR count). The highest BCUT2D eigenvalue weighted by Crippen LogP contribution is 2.31. The van der Waals surface area contributed by atoms with E-state index in [-0.39, 0.29) is 23.6 Å². The number of rotatable bonds is 12. The summed E-state index contributed by atoms with van der Waals surface area (Å²) in [4.78, 5) is 9.79. The van der Waals surface area contributed by atoms with Crippen molar-refractivity contribution in [2.24, 2.45) is 17.0 Å². The van der Waals surface area contributed by atoms with Crippen LogP contribution < -0.4 is 4.57 Å². The van der Waals surface area contributed by atoms with Crippen LogP contribution in [-0.4, -0.2) is 50.8 Å². The minimum atomic E-state index is 0.0459. The van der Waals surface area contributed by atoms with Crippen LogP contribution in [0.3, 0.4) is 0 Å². The van der Waals surface area contributed by atoms with Crippen LogP contribution in [-0.2, 0) is 20.0 Å². The molecule has 6 nitrogen and oxygen atoms in total. The van der Waals surface area contributed by atoms with Crippen LogP contribution in [0.5, 0.6) is 11.5 Å². The highest BCUT2D eigenvalue weighted by atomic mass is 32.2. The number of aliphatic imine (C=N–C) groups is 2. The summed E-state index contributed by atoms with van der Waals surface area (Å²) < 4.78 is 4.32. The van der Waals surface area contributed by atoms with Gasteiger partial charge in [0.05, 0.1) is 25.7 Å². The Morgan fingerprint density at radius 1 is 0.864 bits per heavy atom. The zero-order valence-corrected chi connectivity index (χ0v) is 27.0. The molecule has 3 aromatic carbocycles. The van der Waals surface area contributed by atoms with Gasteiger partial charge in [-0.3, -0.25) is 9.98 Å². The van der Waals surface area contributed by atoms with Crippen molar-refractivity contribution < 1.29 is 14.8 Å². The summed E-state index contributed by atoms with van der Waals surface area (Å²) in [7, 11) is 2.05. The highest BCUT2D eigenvalue weighted by Gasteiger charge is 2.23. The average Bonchev–Trinajstić information content (AvgIpc) is 3.45. The van der Waals surface area contributed by atoms with Crippen molar-refractivity contribution >= 4 is 24.2 Å². The number of nitrogens with zero attached hydrogens (tertiary/aromatic N) is 4. The Morgan fingerprint density at radius 3 is 2.27 bits per heavy atom. The Labute approximate surface area is 266 Å². The maximum absolute atomic E-state index is 10.9. The summed E-state index contributed by atoms with van der Waals surface area (Å²) in [5, 5.41) is 21.3. The van der Waals surface area contributed by atoms with E-state index in [0.717, 1.165) is 77.8 Å². The molecular formula is C37H45N4O2S+. The smallest absolute Gasteiger partial charge is 0.243 e. The number of aromatic hydroxyl groups is 2. The zero-order chi connectivity index (χ0) is 30.9. The number of phenols is 2. The predicted octanol–water partition coefficient (Wildman–Crippen LogP) is 7.22. The molecule has 230 valence electrons. The predicted molar refractivity (Wildman–Crippen MR) is 184 cm³/mol. The number of para-hydroxylation sites is 1. The molecule has 4 aromatic rings. The van der Waals surface area contributed by atoms with Gasteiger partial charge in [-0.1, -0.05) is 49.2 Å². The van der Waals surface area contributed by atoms with Gasteiger partial charge in [0.1, 0.15) is 23.9 Å². The van der Waals surface area contributed by atoms with E-state index < -0.39 is 0 Å². The third kappa shape index (κ3) is 8.41. The first-order chi connectivity index (χ1) is 21.4. The molecule has 0 saturated heterocycles. The summed E-state index contributed by atoms with van der Waals surface area (Å²) in [6.45, 7) is 4.90. The lowest BCUT2D eigenvalue weighted by molar-refractivity contribution is -0.671. The fraction of sp³-hybridized carbons (Fsp3) is 0.378. The monoisotopic (exact) mass is 609 g/mol. The van der Waals surface area contributed by atoms with Gasteiger partial charge < -0.3 is 10.2 Å². The molecule has 1 aliphatic carbocycles. The largest absolute Gasteiger partial charge is 0.507 e. The molecule has 0 aliphatic heterocycles. The second kappa shape index (κ2) is 15.2. The number of hydrogen-bond acceptors (Lipinski definition) is 5. The number of aryl methyl sites for hydroxylation is 5. The summed E-state index contributed by atoms with van der Waals surface area (Å²) in [5.74, 6) is 2.85. The van der Waals surface area contributed by atoms with E-state index in [1.165, 1.54) is 17.7 Å². The fourth-order valence-electron chi connectivity index (χ4n) is 5.79. The SMILES string of the molecule is Cc1cccc(C=N[C@@H]2CCCC[C@H]2N=Cc2cc(-c3ccc(CCSCCCn4cc[n+](C)c4)cc3)cc(C)c2O)c1O. The standard InChI is InChI=1S/C37H44N4O2S/c1-27-8-6-9-31(36(27)42)24-38-34-10-4-5-11-35(34)39-25-33-23-32(22-28(2)37(33)43)30-14-12-29(13-15-30)16-21-44-20-7-17-41-19-18-40(3)26-41/h6,8-9,12-15,18-19,22-26,34-35H,4-5,7,10-11,16-17,20-21H2,1-3H3,(H-,38,39,42,43)/p+1/t34-,35-/m1/s1. The minimum Gasteiger partial charge on any atom is -0.507 e. The quantitative estimate of drug-likeness (QED) is 0.101. The fourth-order valence-corrected chi connectivity index (χ4v) is 6.71. The zero-order valence-electron chi connectivity index (χ0n) is 26.2. The Morgan fingerprint density at radius 2 is 1.57 bits per heavy atom. The number of hydrogen-bond donors (Lipinski definition) is 2. The molecule has 2 N–H and O–H groups in total. The van der Waals surface area contributed by atoms with E-state index >= 15 is 0 Å². The van der Waals surface area contributed by atoms with Crippen LogP contribution in [0.1, 0.15) is 59.9 Å². The lowest BCUT2D eigenvalue weighted by Crippen LogP contribution is -2.27. The first-order valence-electron chi connectivity index (χ1n) is 15.7. The molecule has 1 saturated carbocycles. The van der Waals surface area contributed by atoms with E-state index in [2.05, 4.69) is 59.2 Å². The Hall–Kier alpha value is -3.84. The highest BCUT2D eigenvalue weighted by molar-refractivity contribution is 7.99. The van der Waals surface area contributed by atoms with Gasteiger partial charge in [0.2, 0.25) is 6.33 Å². The first-order valence-corrected chi connectivity index (χ1v) is 16.9. The van der Waals surface area contributed by atoms with Crippen LogP contribution in [0.25, 0.3) is 11.1 Å². The second-order valence-electron chi connectivity index (χ2n) is 11.9. The van der Waals surface area contributed by atoms with E-state index in [0.29, 0.717) is 0 Å². The maximum Gasteiger partial charge on any atom is 0.243 e. The van der Waals surface area contributed by atoms with Crippen LogP contribution in [0.4, 0.5) is 0 Å². The molecule has 2 atom stereocenters. The summed E-state index contributed by atoms with van der Waals surface area (Å²) >= 11 is 2.02. The molecule has 1 fully saturated rings. The van der Waals surface area contributed by atoms with Crippen molar-refractivity contribution in [1.29, 1.82) is 0 Å². The summed E-state index contributed by atoms with van der Waals surface area (Å²) in [5.41, 5.74) is 6.72. The molecule has 0 spiro atoms. The molecule has 7 heteroatoms. The van der Waals surface area contributed by atoms with Gasteiger partial charge in [-0.15, -0.1) is 0 Å². The average molecular weight is 610 g/mol. The molecule has 0 bridgehead atoms. The van der Waals surface area contributed by atoms with Crippen molar-refractivity contribution in [2.75, 3.05) is 11.5 Å². The topological polar surface area (TPSA) is 74.0 Å². The third-order valence-corrected chi connectivity index (χ3v) is 9.52. The van der Waals surface area contributed by atoms with Gasteiger partial charge >= 0.3 is 0 Å². The molecule has 44 heavy (non-hydrogen) atoms. The lowest BCUT2D eigenvalue weighted by Gasteiger charge is -2.25. The summed E-state index contributed by atoms with van der Waals surface area (Å²) in [6.07, 6.45) is 16.4. The van der Waals surface area contributed by atoms with Gasteiger partial charge in [0.15, 0.2) is 0 Å². The van der Waals surface area contributed by atoms with E-state index in [1.807, 2.05) is 62.2 Å². The number of aromatic nitrogens is 2. The molecule has 1 aliphatic rings. The maximum atomic E-state index is 10.9. The second-order valence-corrected chi connectivity index (χ2v) is 13.2. The van der Waals surface area contributed by atoms with E-state index in [1.54, 1.807) is 6.21 Å². The molecule has 0 unspecified atom stereocenters. The Bertz CT molecular complexity index is 1590. The number of phenolic OH excluding ortho intramolecular Hbond substituents is 2. The Balaban J connectivity index is 1.19. The summed E-state index contributed by atoms with van der Waals surface area (Å²) in [6, 6.07) is 18.7.